The lowest BCUT2D eigenvalue weighted by molar-refractivity contribution is -0.133. The number of carbonyl (C=O) groups is 1. The van der Waals surface area contributed by atoms with E-state index in [1.165, 1.54) is 0 Å². The van der Waals surface area contributed by atoms with Gasteiger partial charge in [-0.25, -0.2) is 0 Å². The Bertz CT molecular complexity index is 413. The number of methoxy groups -OCH3 is 1. The SMILES string of the molecule is COC(C(=O)NC1(C)CCNCC1)c1ccccc1. The highest BCUT2D eigenvalue weighted by molar-refractivity contribution is 5.82. The summed E-state index contributed by atoms with van der Waals surface area (Å²) in [6, 6.07) is 9.60. The number of ether oxygens (including phenoxy) is 1. The van der Waals surface area contributed by atoms with Gasteiger partial charge in [0.2, 0.25) is 0 Å². The van der Waals surface area contributed by atoms with Gasteiger partial charge in [0, 0.05) is 12.6 Å². The maximum Gasteiger partial charge on any atom is 0.254 e. The van der Waals surface area contributed by atoms with Crippen LogP contribution < -0.4 is 10.6 Å². The molecule has 0 aliphatic carbocycles. The minimum atomic E-state index is -0.534. The van der Waals surface area contributed by atoms with Gasteiger partial charge < -0.3 is 15.4 Å². The van der Waals surface area contributed by atoms with Crippen molar-refractivity contribution >= 4 is 5.91 Å². The van der Waals surface area contributed by atoms with Crippen LogP contribution in [0.1, 0.15) is 31.4 Å². The molecule has 0 saturated carbocycles. The molecule has 0 bridgehead atoms. The third-order valence-electron chi connectivity index (χ3n) is 3.71. The van der Waals surface area contributed by atoms with E-state index in [9.17, 15) is 4.79 Å². The standard InChI is InChI=1S/C15H22N2O2/c1-15(8-10-16-11-9-15)17-14(18)13(19-2)12-6-4-3-5-7-12/h3-7,13,16H,8-11H2,1-2H3,(H,17,18). The van der Waals surface area contributed by atoms with Gasteiger partial charge in [-0.3, -0.25) is 4.79 Å². The molecule has 1 aliphatic heterocycles. The molecular weight excluding hydrogens is 240 g/mol. The Kier molecular flexibility index (Phi) is 4.56. The number of benzene rings is 1. The molecule has 1 unspecified atom stereocenters. The van der Waals surface area contributed by atoms with E-state index < -0.39 is 6.10 Å². The van der Waals surface area contributed by atoms with Crippen molar-refractivity contribution in [3.63, 3.8) is 0 Å². The first-order chi connectivity index (χ1) is 9.14. The molecule has 0 radical (unpaired) electrons. The molecule has 1 aliphatic rings. The number of piperidine rings is 1. The fraction of sp³-hybridized carbons (Fsp3) is 0.533. The smallest absolute Gasteiger partial charge is 0.254 e. The molecule has 4 heteroatoms. The summed E-state index contributed by atoms with van der Waals surface area (Å²) in [4.78, 5) is 12.4. The van der Waals surface area contributed by atoms with Crippen LogP contribution >= 0.6 is 0 Å². The lowest BCUT2D eigenvalue weighted by Gasteiger charge is -2.36. The second-order valence-corrected chi connectivity index (χ2v) is 5.33. The summed E-state index contributed by atoms with van der Waals surface area (Å²) >= 11 is 0. The molecule has 2 rings (SSSR count). The number of amides is 1. The van der Waals surface area contributed by atoms with E-state index in [0.717, 1.165) is 31.5 Å². The van der Waals surface area contributed by atoms with Gasteiger partial charge >= 0.3 is 0 Å². The molecule has 1 saturated heterocycles. The van der Waals surface area contributed by atoms with Gasteiger partial charge in [0.15, 0.2) is 6.10 Å². The highest BCUT2D eigenvalue weighted by atomic mass is 16.5. The number of hydrogen-bond acceptors (Lipinski definition) is 3. The number of hydrogen-bond donors (Lipinski definition) is 2. The van der Waals surface area contributed by atoms with Crippen LogP contribution in [0.25, 0.3) is 0 Å². The predicted molar refractivity (Wildman–Crippen MR) is 74.8 cm³/mol. The van der Waals surface area contributed by atoms with Crippen molar-refractivity contribution < 1.29 is 9.53 Å². The average Bonchev–Trinajstić information content (AvgIpc) is 2.41. The predicted octanol–water partition coefficient (Wildman–Crippen LogP) is 1.63. The molecule has 19 heavy (non-hydrogen) atoms. The van der Waals surface area contributed by atoms with E-state index in [1.54, 1.807) is 7.11 Å². The quantitative estimate of drug-likeness (QED) is 0.867. The van der Waals surface area contributed by atoms with Gasteiger partial charge in [-0.1, -0.05) is 30.3 Å². The van der Waals surface area contributed by atoms with Crippen molar-refractivity contribution in [2.45, 2.75) is 31.4 Å². The second-order valence-electron chi connectivity index (χ2n) is 5.33. The zero-order chi connectivity index (χ0) is 13.7. The first-order valence-electron chi connectivity index (χ1n) is 6.75. The van der Waals surface area contributed by atoms with Gasteiger partial charge in [0.05, 0.1) is 0 Å². The number of nitrogens with one attached hydrogen (secondary N) is 2. The molecule has 4 nitrogen and oxygen atoms in total. The Labute approximate surface area is 114 Å². The molecule has 0 aromatic heterocycles. The maximum atomic E-state index is 12.4. The monoisotopic (exact) mass is 262 g/mol. The summed E-state index contributed by atoms with van der Waals surface area (Å²) in [7, 11) is 1.57. The Balaban J connectivity index is 2.05. The van der Waals surface area contributed by atoms with E-state index >= 15 is 0 Å². The van der Waals surface area contributed by atoms with Crippen LogP contribution in [0.2, 0.25) is 0 Å². The summed E-state index contributed by atoms with van der Waals surface area (Å²) < 4.78 is 5.36. The second kappa shape index (κ2) is 6.17. The van der Waals surface area contributed by atoms with Crippen LogP contribution in [0.4, 0.5) is 0 Å². The Morgan fingerprint density at radius 3 is 2.53 bits per heavy atom. The Morgan fingerprint density at radius 2 is 1.95 bits per heavy atom. The van der Waals surface area contributed by atoms with E-state index in [-0.39, 0.29) is 11.4 Å². The lowest BCUT2D eigenvalue weighted by atomic mass is 9.90. The Hall–Kier alpha value is -1.39. The molecular formula is C15H22N2O2. The molecule has 104 valence electrons. The molecule has 1 heterocycles. The van der Waals surface area contributed by atoms with E-state index in [2.05, 4.69) is 17.6 Å². The first-order valence-corrected chi connectivity index (χ1v) is 6.75. The van der Waals surface area contributed by atoms with Crippen molar-refractivity contribution in [1.29, 1.82) is 0 Å². The number of carbonyl (C=O) groups excluding carboxylic acids is 1. The number of rotatable bonds is 4. The molecule has 0 spiro atoms. The molecule has 1 aromatic carbocycles. The van der Waals surface area contributed by atoms with Crippen molar-refractivity contribution in [2.24, 2.45) is 0 Å². The highest BCUT2D eigenvalue weighted by Crippen LogP contribution is 2.21. The lowest BCUT2D eigenvalue weighted by Crippen LogP contribution is -2.53. The third-order valence-corrected chi connectivity index (χ3v) is 3.71. The molecule has 1 fully saturated rings. The van der Waals surface area contributed by atoms with Gasteiger partial charge in [-0.05, 0) is 38.4 Å². The summed E-state index contributed by atoms with van der Waals surface area (Å²) in [5, 5.41) is 6.45. The Morgan fingerprint density at radius 1 is 1.32 bits per heavy atom. The van der Waals surface area contributed by atoms with E-state index in [0.29, 0.717) is 0 Å². The van der Waals surface area contributed by atoms with Crippen LogP contribution in [-0.4, -0.2) is 31.6 Å². The van der Waals surface area contributed by atoms with Gasteiger partial charge in [-0.15, -0.1) is 0 Å². The molecule has 1 atom stereocenters. The summed E-state index contributed by atoms with van der Waals surface area (Å²) in [5.41, 5.74) is 0.758. The fourth-order valence-corrected chi connectivity index (χ4v) is 2.49. The molecule has 1 amide bonds. The van der Waals surface area contributed by atoms with Crippen molar-refractivity contribution in [1.82, 2.24) is 10.6 Å². The topological polar surface area (TPSA) is 50.4 Å². The van der Waals surface area contributed by atoms with Gasteiger partial charge in [0.25, 0.3) is 5.91 Å². The third kappa shape index (κ3) is 3.55. The van der Waals surface area contributed by atoms with Crippen molar-refractivity contribution in [3.05, 3.63) is 35.9 Å². The average molecular weight is 262 g/mol. The van der Waals surface area contributed by atoms with Crippen LogP contribution in [0.3, 0.4) is 0 Å². The van der Waals surface area contributed by atoms with Crippen LogP contribution in [-0.2, 0) is 9.53 Å². The van der Waals surface area contributed by atoms with Gasteiger partial charge in [0.1, 0.15) is 0 Å². The highest BCUT2D eigenvalue weighted by Gasteiger charge is 2.31. The molecule has 1 aromatic rings. The zero-order valence-electron chi connectivity index (χ0n) is 11.6. The minimum absolute atomic E-state index is 0.0573. The van der Waals surface area contributed by atoms with E-state index in [4.69, 9.17) is 4.74 Å². The van der Waals surface area contributed by atoms with E-state index in [1.807, 2.05) is 30.3 Å². The molecule has 2 N–H and O–H groups in total. The van der Waals surface area contributed by atoms with Crippen molar-refractivity contribution in [2.75, 3.05) is 20.2 Å². The normalized spacial score (nSPS) is 19.7. The first kappa shape index (κ1) is 14.0. The van der Waals surface area contributed by atoms with Crippen LogP contribution in [0.15, 0.2) is 30.3 Å². The summed E-state index contributed by atoms with van der Waals surface area (Å²) in [5.74, 6) is -0.0573. The van der Waals surface area contributed by atoms with Crippen LogP contribution in [0, 0.1) is 0 Å². The largest absolute Gasteiger partial charge is 0.367 e. The minimum Gasteiger partial charge on any atom is -0.367 e. The van der Waals surface area contributed by atoms with Crippen LogP contribution in [0.5, 0.6) is 0 Å². The van der Waals surface area contributed by atoms with Crippen molar-refractivity contribution in [3.8, 4) is 0 Å². The summed E-state index contributed by atoms with van der Waals surface area (Å²) in [6.07, 6.45) is 1.36. The van der Waals surface area contributed by atoms with Gasteiger partial charge in [-0.2, -0.15) is 0 Å². The maximum absolute atomic E-state index is 12.4. The fourth-order valence-electron chi connectivity index (χ4n) is 2.49. The summed E-state index contributed by atoms with van der Waals surface area (Å²) in [6.45, 7) is 3.99. The zero-order valence-corrected chi connectivity index (χ0v) is 11.6.